The van der Waals surface area contributed by atoms with Crippen molar-refractivity contribution >= 4 is 5.57 Å². The normalized spacial score (nSPS) is 14.8. The van der Waals surface area contributed by atoms with E-state index in [9.17, 15) is 17.6 Å². The number of aromatic nitrogens is 4. The van der Waals surface area contributed by atoms with Gasteiger partial charge in [0.15, 0.2) is 5.82 Å². The van der Waals surface area contributed by atoms with Gasteiger partial charge in [-0.1, -0.05) is 30.3 Å². The van der Waals surface area contributed by atoms with E-state index in [0.29, 0.717) is 16.8 Å². The zero-order chi connectivity index (χ0) is 26.7. The van der Waals surface area contributed by atoms with Crippen LogP contribution in [0.3, 0.4) is 0 Å². The van der Waals surface area contributed by atoms with Gasteiger partial charge < -0.3 is 9.47 Å². The van der Waals surface area contributed by atoms with Crippen molar-refractivity contribution in [2.75, 3.05) is 0 Å². The van der Waals surface area contributed by atoms with Crippen LogP contribution in [0.15, 0.2) is 54.3 Å². The molecule has 1 saturated carbocycles. The summed E-state index contributed by atoms with van der Waals surface area (Å²) in [5, 5.41) is 4.37. The highest BCUT2D eigenvalue weighted by atomic mass is 19.3. The van der Waals surface area contributed by atoms with E-state index < -0.39 is 12.5 Å². The van der Waals surface area contributed by atoms with Crippen LogP contribution < -0.4 is 9.47 Å². The smallest absolute Gasteiger partial charge is 0.388 e. The molecule has 0 aliphatic heterocycles. The van der Waals surface area contributed by atoms with Gasteiger partial charge in [0.25, 0.3) is 5.92 Å². The topological polar surface area (TPSA) is 62.1 Å². The fourth-order valence-electron chi connectivity index (χ4n) is 3.94. The highest BCUT2D eigenvalue weighted by molar-refractivity contribution is 5.68. The van der Waals surface area contributed by atoms with Crippen molar-refractivity contribution in [3.05, 3.63) is 71.1 Å². The van der Waals surface area contributed by atoms with Crippen molar-refractivity contribution in [1.82, 2.24) is 19.7 Å². The van der Waals surface area contributed by atoms with Crippen LogP contribution >= 0.6 is 0 Å². The van der Waals surface area contributed by atoms with Gasteiger partial charge in [0, 0.05) is 37.7 Å². The number of rotatable bonds is 10. The van der Waals surface area contributed by atoms with Gasteiger partial charge in [-0.05, 0) is 49.5 Å². The van der Waals surface area contributed by atoms with Crippen molar-refractivity contribution in [1.29, 1.82) is 0 Å². The van der Waals surface area contributed by atoms with Gasteiger partial charge in [-0.2, -0.15) is 18.9 Å². The number of benzene rings is 1. The van der Waals surface area contributed by atoms with Crippen LogP contribution in [-0.4, -0.2) is 32.3 Å². The first-order chi connectivity index (χ1) is 17.6. The first kappa shape index (κ1) is 26.4. The van der Waals surface area contributed by atoms with E-state index in [1.807, 2.05) is 24.3 Å². The Kier molecular flexibility index (Phi) is 7.65. The fraction of sp³-hybridized carbons (Fsp3) is 0.370. The SMILES string of the molecule is C/C=C(\C=C(/C)c1ccc(COc2ccnc(-c3c(C4CC4)nn(C)c3OC(F)F)n2)cc1)C(C)(F)F. The van der Waals surface area contributed by atoms with Crippen molar-refractivity contribution in [2.24, 2.45) is 7.05 Å². The van der Waals surface area contributed by atoms with Crippen LogP contribution in [0.1, 0.15) is 56.4 Å². The number of nitrogens with zero attached hydrogens (tertiary/aromatic N) is 4. The average Bonchev–Trinajstić information content (AvgIpc) is 3.65. The molecule has 2 heterocycles. The molecular weight excluding hydrogens is 488 g/mol. The highest BCUT2D eigenvalue weighted by Crippen LogP contribution is 2.46. The third-order valence-corrected chi connectivity index (χ3v) is 6.03. The van der Waals surface area contributed by atoms with E-state index in [2.05, 4.69) is 15.1 Å². The van der Waals surface area contributed by atoms with Gasteiger partial charge >= 0.3 is 6.61 Å². The van der Waals surface area contributed by atoms with Crippen LogP contribution in [0.5, 0.6) is 11.8 Å². The van der Waals surface area contributed by atoms with Crippen LogP contribution in [-0.2, 0) is 13.7 Å². The van der Waals surface area contributed by atoms with Gasteiger partial charge in [-0.3, -0.25) is 0 Å². The molecule has 1 fully saturated rings. The lowest BCUT2D eigenvalue weighted by Crippen LogP contribution is -2.12. The number of hydrogen-bond acceptors (Lipinski definition) is 5. The predicted molar refractivity (Wildman–Crippen MR) is 132 cm³/mol. The van der Waals surface area contributed by atoms with Crippen LogP contribution in [0.2, 0.25) is 0 Å². The number of aryl methyl sites for hydroxylation is 1. The zero-order valence-electron chi connectivity index (χ0n) is 21.0. The Morgan fingerprint density at radius 1 is 1.19 bits per heavy atom. The lowest BCUT2D eigenvalue weighted by Gasteiger charge is -2.13. The molecule has 0 atom stereocenters. The van der Waals surface area contributed by atoms with E-state index >= 15 is 0 Å². The van der Waals surface area contributed by atoms with Gasteiger partial charge in [0.05, 0.1) is 5.69 Å². The summed E-state index contributed by atoms with van der Waals surface area (Å²) in [7, 11) is 1.54. The first-order valence-corrected chi connectivity index (χ1v) is 11.9. The molecule has 0 spiro atoms. The van der Waals surface area contributed by atoms with Gasteiger partial charge in [-0.15, -0.1) is 0 Å². The molecule has 6 nitrogen and oxygen atoms in total. The summed E-state index contributed by atoms with van der Waals surface area (Å²) >= 11 is 0. The number of ether oxygens (including phenoxy) is 2. The molecule has 4 rings (SSSR count). The molecule has 0 bridgehead atoms. The maximum absolute atomic E-state index is 13.7. The van der Waals surface area contributed by atoms with Crippen LogP contribution in [0.4, 0.5) is 17.6 Å². The molecule has 2 aromatic heterocycles. The molecule has 1 aromatic carbocycles. The quantitative estimate of drug-likeness (QED) is 0.216. The summed E-state index contributed by atoms with van der Waals surface area (Å²) in [6, 6.07) is 8.93. The molecule has 0 radical (unpaired) electrons. The number of hydrogen-bond donors (Lipinski definition) is 0. The standard InChI is InChI=1S/C27H28F4N4O2/c1-5-20(27(3,30)31)14-16(2)18-8-6-17(7-9-18)15-36-21-12-13-32-24(33-21)22-23(19-10-11-19)34-35(4)25(22)37-26(28)29/h5-9,12-14,19,26H,10-11,15H2,1-4H3/b16-14+,20-5+. The summed E-state index contributed by atoms with van der Waals surface area (Å²) in [6.45, 7) is 1.42. The van der Waals surface area contributed by atoms with Crippen molar-refractivity contribution in [3.8, 4) is 23.1 Å². The fourth-order valence-corrected chi connectivity index (χ4v) is 3.94. The van der Waals surface area contributed by atoms with E-state index in [1.54, 1.807) is 27.0 Å². The molecule has 3 aromatic rings. The molecule has 196 valence electrons. The Morgan fingerprint density at radius 3 is 2.49 bits per heavy atom. The molecule has 1 aliphatic carbocycles. The predicted octanol–water partition coefficient (Wildman–Crippen LogP) is 6.94. The minimum atomic E-state index is -3.01. The summed E-state index contributed by atoms with van der Waals surface area (Å²) in [6.07, 6.45) is 6.20. The summed E-state index contributed by atoms with van der Waals surface area (Å²) < 4.78 is 65.3. The Morgan fingerprint density at radius 2 is 1.89 bits per heavy atom. The Labute approximate surface area is 212 Å². The number of alkyl halides is 4. The lowest BCUT2D eigenvalue weighted by atomic mass is 10.0. The van der Waals surface area contributed by atoms with Crippen molar-refractivity contribution in [3.63, 3.8) is 0 Å². The summed E-state index contributed by atoms with van der Waals surface area (Å²) in [5.41, 5.74) is 3.31. The minimum absolute atomic E-state index is 0.0439. The maximum atomic E-state index is 13.7. The number of allylic oxidation sites excluding steroid dienone is 4. The van der Waals surface area contributed by atoms with Crippen LogP contribution in [0.25, 0.3) is 17.0 Å². The summed E-state index contributed by atoms with van der Waals surface area (Å²) in [5.74, 6) is -2.38. The molecule has 0 saturated heterocycles. The lowest BCUT2D eigenvalue weighted by molar-refractivity contribution is -0.0549. The zero-order valence-corrected chi connectivity index (χ0v) is 21.0. The third-order valence-electron chi connectivity index (χ3n) is 6.03. The monoisotopic (exact) mass is 516 g/mol. The van der Waals surface area contributed by atoms with E-state index in [1.165, 1.54) is 23.0 Å². The van der Waals surface area contributed by atoms with E-state index in [0.717, 1.165) is 30.9 Å². The summed E-state index contributed by atoms with van der Waals surface area (Å²) in [4.78, 5) is 8.69. The largest absolute Gasteiger partial charge is 0.473 e. The Hall–Kier alpha value is -3.69. The second kappa shape index (κ2) is 10.7. The van der Waals surface area contributed by atoms with Crippen molar-refractivity contribution in [2.45, 2.75) is 58.7 Å². The van der Waals surface area contributed by atoms with Crippen molar-refractivity contribution < 1.29 is 27.0 Å². The maximum Gasteiger partial charge on any atom is 0.388 e. The molecule has 10 heteroatoms. The Bertz CT molecular complexity index is 1310. The third kappa shape index (κ3) is 6.36. The van der Waals surface area contributed by atoms with E-state index in [4.69, 9.17) is 9.47 Å². The molecule has 1 aliphatic rings. The molecular formula is C27H28F4N4O2. The first-order valence-electron chi connectivity index (χ1n) is 11.9. The molecule has 0 N–H and O–H groups in total. The Balaban J connectivity index is 1.50. The van der Waals surface area contributed by atoms with Gasteiger partial charge in [0.1, 0.15) is 12.2 Å². The second-order valence-corrected chi connectivity index (χ2v) is 9.01. The molecule has 0 amide bonds. The van der Waals surface area contributed by atoms with Crippen LogP contribution in [0, 0.1) is 0 Å². The number of halogens is 4. The highest BCUT2D eigenvalue weighted by Gasteiger charge is 2.34. The average molecular weight is 517 g/mol. The second-order valence-electron chi connectivity index (χ2n) is 9.01. The minimum Gasteiger partial charge on any atom is -0.473 e. The van der Waals surface area contributed by atoms with Gasteiger partial charge in [-0.25, -0.2) is 18.4 Å². The van der Waals surface area contributed by atoms with E-state index in [-0.39, 0.29) is 35.7 Å². The molecule has 0 unspecified atom stereocenters. The van der Waals surface area contributed by atoms with Gasteiger partial charge in [0.2, 0.25) is 11.8 Å². The molecule has 37 heavy (non-hydrogen) atoms.